The summed E-state index contributed by atoms with van der Waals surface area (Å²) in [7, 11) is 56.1. The van der Waals surface area contributed by atoms with Crippen LogP contribution in [0.3, 0.4) is 0 Å². The lowest BCUT2D eigenvalue weighted by Crippen LogP contribution is -1.73. The lowest BCUT2D eigenvalue weighted by Gasteiger charge is -2.04. The van der Waals surface area contributed by atoms with Crippen LogP contribution in [-0.2, 0) is 27.6 Å². The quantitative estimate of drug-likeness (QED) is 0.0327. The average molecular weight is 1170 g/mol. The Morgan fingerprint density at radius 1 is 0.459 bits per heavy atom. The Bertz CT molecular complexity index is 755. The van der Waals surface area contributed by atoms with Crippen LogP contribution in [0.4, 0.5) is 0 Å². The fraction of sp³-hybridized carbons (Fsp3) is 1.00. The summed E-state index contributed by atoms with van der Waals surface area (Å²) < 4.78 is 0.814. The summed E-state index contributed by atoms with van der Waals surface area (Å²) in [5, 5.41) is -1.27. The average Bonchev–Trinajstić information content (AvgIpc) is 3.77. The van der Waals surface area contributed by atoms with E-state index in [1.54, 1.807) is 88.4 Å². The molecule has 0 aliphatic carbocycles. The molecule has 0 aromatic heterocycles. The van der Waals surface area contributed by atoms with Crippen LogP contribution in [0.1, 0.15) is 0 Å². The molecule has 2 atom stereocenters. The molecule has 2 unspecified atom stereocenters. The summed E-state index contributed by atoms with van der Waals surface area (Å²) in [5.74, 6) is 0. The van der Waals surface area contributed by atoms with Gasteiger partial charge in [0.05, 0.1) is 0 Å². The second-order valence-corrected chi connectivity index (χ2v) is 76.9. The highest BCUT2D eigenvalue weighted by Crippen LogP contribution is 2.96. The minimum Gasteiger partial charge on any atom is -0.110 e. The van der Waals surface area contributed by atoms with Crippen molar-refractivity contribution in [2.45, 2.75) is 3.91 Å². The van der Waals surface area contributed by atoms with E-state index >= 15 is 0 Å². The molecular formula is CH2S36. The van der Waals surface area contributed by atoms with Crippen molar-refractivity contribution in [2.24, 2.45) is 0 Å². The van der Waals surface area contributed by atoms with Crippen molar-refractivity contribution in [1.82, 2.24) is 0 Å². The van der Waals surface area contributed by atoms with Crippen molar-refractivity contribution in [2.75, 3.05) is 0 Å². The number of rotatable bonds is 29. The van der Waals surface area contributed by atoms with E-state index in [9.17, 15) is 0 Å². The van der Waals surface area contributed by atoms with Crippen molar-refractivity contribution in [1.29, 1.82) is 0 Å². The van der Waals surface area contributed by atoms with Crippen molar-refractivity contribution >= 4 is 352 Å². The normalized spacial score (nSPS) is 20.1. The van der Waals surface area contributed by atoms with E-state index in [2.05, 4.69) is 32.6 Å². The molecule has 1 saturated heterocycles. The molecule has 36 heteroatoms. The van der Waals surface area contributed by atoms with Gasteiger partial charge in [-0.25, -0.2) is 0 Å². The van der Waals surface area contributed by atoms with Crippen LogP contribution < -0.4 is 0 Å². The van der Waals surface area contributed by atoms with Crippen LogP contribution in [-0.4, -0.2) is 3.91 Å². The SMILES string of the molecule is S=S(=S)(SSSSSSSSSSSSSSSSSSSSSSSSSSSSSS)S12#SC1S2. The molecular weight excluding hydrogens is 1170 g/mol. The van der Waals surface area contributed by atoms with Crippen LogP contribution in [0.25, 0.3) is 0 Å². The van der Waals surface area contributed by atoms with Crippen molar-refractivity contribution in [3.63, 3.8) is 0 Å². The van der Waals surface area contributed by atoms with Gasteiger partial charge in [0.15, 0.2) is 0 Å². The van der Waals surface area contributed by atoms with E-state index in [1.807, 2.05) is 187 Å². The second kappa shape index (κ2) is 31.7. The van der Waals surface area contributed by atoms with Crippen LogP contribution in [0.15, 0.2) is 0 Å². The smallest absolute Gasteiger partial charge is 0.110 e. The standard InChI is InChI=1S/CH2S36/c2-7-8-9-10-11-12-13-14-15-16-17-18-19-20-21-22-23-24-25-26-27-28-29-30-31-32-33-34-35-37(3,4)36-1(5-36)6-36/h1-2H. The highest BCUT2D eigenvalue weighted by Gasteiger charge is 2.58. The zero-order valence-electron chi connectivity index (χ0n) is 15.3. The summed E-state index contributed by atoms with van der Waals surface area (Å²) in [6.07, 6.45) is -0.592. The van der Waals surface area contributed by atoms with Gasteiger partial charge in [0.25, 0.3) is 0 Å². The molecule has 0 spiro atoms. The summed E-state index contributed by atoms with van der Waals surface area (Å²) in [6, 6.07) is 0. The topological polar surface area (TPSA) is 0 Å². The Morgan fingerprint density at radius 2 is 0.676 bits per heavy atom. The van der Waals surface area contributed by atoms with Gasteiger partial charge < -0.3 is 0 Å². The van der Waals surface area contributed by atoms with E-state index in [0.29, 0.717) is 0 Å². The van der Waals surface area contributed by atoms with Crippen molar-refractivity contribution in [3.05, 3.63) is 0 Å². The molecule has 2 heterocycles. The third-order valence-electron chi connectivity index (χ3n) is 1.73. The second-order valence-electron chi connectivity index (χ2n) is 3.36. The monoisotopic (exact) mass is 1170 g/mol. The third kappa shape index (κ3) is 25.0. The molecule has 0 bridgehead atoms. The predicted molar refractivity (Wildman–Crippen MR) is 278 cm³/mol. The molecule has 2 aliphatic heterocycles. The number of thiol groups is 1. The van der Waals surface area contributed by atoms with Crippen LogP contribution >= 0.6 is 324 Å². The highest BCUT2D eigenvalue weighted by atomic mass is 34.1. The molecule has 222 valence electrons. The largest absolute Gasteiger partial charge is 0.143 e. The lowest BCUT2D eigenvalue weighted by molar-refractivity contribution is 2.25. The molecule has 0 nitrogen and oxygen atoms in total. The fourth-order valence-electron chi connectivity index (χ4n) is 0.753. The molecule has 2 aliphatic rings. The van der Waals surface area contributed by atoms with Gasteiger partial charge >= 0.3 is 0 Å². The minimum atomic E-state index is -1.27. The van der Waals surface area contributed by atoms with E-state index < -0.39 is 11.6 Å². The van der Waals surface area contributed by atoms with Gasteiger partial charge in [-0.05, 0) is 107 Å². The van der Waals surface area contributed by atoms with Gasteiger partial charge in [-0.15, -0.1) is 10.1 Å². The summed E-state index contributed by atoms with van der Waals surface area (Å²) in [4.78, 5) is 0. The molecule has 0 saturated carbocycles. The minimum absolute atomic E-state index is 0.592. The van der Waals surface area contributed by atoms with Crippen molar-refractivity contribution < 1.29 is 0 Å². The molecule has 0 aromatic rings. The molecule has 2 rings (SSSR count). The molecule has 37 heavy (non-hydrogen) atoms. The summed E-state index contributed by atoms with van der Waals surface area (Å²) >= 11 is 15.5. The zero-order valence-corrected chi connectivity index (χ0v) is 44.8. The Morgan fingerprint density at radius 3 is 0.892 bits per heavy atom. The van der Waals surface area contributed by atoms with E-state index in [1.165, 1.54) is 9.83 Å². The van der Waals surface area contributed by atoms with Crippen LogP contribution in [0.2, 0.25) is 0 Å². The first-order chi connectivity index (χ1) is 18.1. The maximum absolute atomic E-state index is 5.70. The van der Waals surface area contributed by atoms with Crippen LogP contribution in [0, 0.1) is 0 Å². The van der Waals surface area contributed by atoms with E-state index in [-0.39, 0.29) is 0 Å². The maximum atomic E-state index is 5.70. The van der Waals surface area contributed by atoms with Gasteiger partial charge in [0, 0.05) is 212 Å². The molecule has 0 radical (unpaired) electrons. The van der Waals surface area contributed by atoms with Gasteiger partial charge in [0.1, 0.15) is 3.91 Å². The highest BCUT2D eigenvalue weighted by molar-refractivity contribution is 9.68. The molecule has 0 N–H and O–H groups in total. The Labute approximate surface area is 346 Å². The third-order valence-corrected chi connectivity index (χ3v) is 99.0. The number of hydrogen-bond acceptors (Lipinski definition) is 33. The first-order valence-corrected chi connectivity index (χ1v) is 54.8. The van der Waals surface area contributed by atoms with Gasteiger partial charge in [-0.1, -0.05) is 22.5 Å². The lowest BCUT2D eigenvalue weighted by atomic mass is 11.9. The Balaban J connectivity index is 1.16. The number of fused-ring (bicyclic) bond motifs is 1. The Hall–Kier alpha value is 12.2. The van der Waals surface area contributed by atoms with Gasteiger partial charge in [0.2, 0.25) is 0 Å². The fourth-order valence-corrected chi connectivity index (χ4v) is 115. The first-order valence-electron chi connectivity index (χ1n) is 6.56. The maximum Gasteiger partial charge on any atom is 0.143 e. The predicted octanol–water partition coefficient (Wildman–Crippen LogP) is 21.0. The van der Waals surface area contributed by atoms with Gasteiger partial charge in [-0.3, -0.25) is 0 Å². The molecule has 0 amide bonds. The summed E-state index contributed by atoms with van der Waals surface area (Å²) in [6.45, 7) is 0. The summed E-state index contributed by atoms with van der Waals surface area (Å²) in [5.41, 5.74) is 0. The number of hydrogen-bond donors (Lipinski definition) is 1. The first kappa shape index (κ1) is 45.4. The van der Waals surface area contributed by atoms with Crippen molar-refractivity contribution in [3.8, 4) is 0 Å². The van der Waals surface area contributed by atoms with Crippen LogP contribution in [0.5, 0.6) is 0 Å². The zero-order chi connectivity index (χ0) is 26.5. The van der Waals surface area contributed by atoms with E-state index in [0.717, 1.165) is 3.91 Å². The Kier molecular flexibility index (Phi) is 38.9. The molecule has 0 aromatic carbocycles. The van der Waals surface area contributed by atoms with E-state index in [4.69, 9.17) is 22.4 Å². The van der Waals surface area contributed by atoms with Gasteiger partial charge in [-0.2, -0.15) is 0 Å². The molecule has 1 fully saturated rings.